The van der Waals surface area contributed by atoms with Crippen LogP contribution < -0.4 is 16.4 Å². The molecule has 1 aliphatic carbocycles. The summed E-state index contributed by atoms with van der Waals surface area (Å²) in [5.41, 5.74) is 10.9. The van der Waals surface area contributed by atoms with Crippen LogP contribution in [0.3, 0.4) is 0 Å². The Balaban J connectivity index is 2.28. The molecule has 1 amide bonds. The standard InChI is InChI=1S/C11H16ClN5O/c12-8-5-10(16-11(14)15-8)17(6-9(13)18)7-3-1-2-4-7/h5,7H,1-4,6H2,(H2,13,18)(H2,14,15,16). The molecule has 0 saturated heterocycles. The smallest absolute Gasteiger partial charge is 0.237 e. The van der Waals surface area contributed by atoms with Gasteiger partial charge in [0.1, 0.15) is 11.0 Å². The summed E-state index contributed by atoms with van der Waals surface area (Å²) in [5, 5.41) is 0.268. The number of nitrogens with zero attached hydrogens (tertiary/aromatic N) is 3. The van der Waals surface area contributed by atoms with Crippen LogP contribution >= 0.6 is 11.6 Å². The molecule has 0 spiro atoms. The zero-order valence-corrected chi connectivity index (χ0v) is 10.7. The second kappa shape index (κ2) is 5.39. The van der Waals surface area contributed by atoms with E-state index in [4.69, 9.17) is 23.1 Å². The normalized spacial score (nSPS) is 15.8. The lowest BCUT2D eigenvalue weighted by atomic mass is 10.2. The van der Waals surface area contributed by atoms with Crippen molar-refractivity contribution in [2.75, 3.05) is 17.2 Å². The van der Waals surface area contributed by atoms with Crippen LogP contribution in [0.15, 0.2) is 6.07 Å². The van der Waals surface area contributed by atoms with Gasteiger partial charge in [-0.3, -0.25) is 4.79 Å². The van der Waals surface area contributed by atoms with Crippen molar-refractivity contribution in [2.45, 2.75) is 31.7 Å². The maximum Gasteiger partial charge on any atom is 0.237 e. The van der Waals surface area contributed by atoms with Gasteiger partial charge >= 0.3 is 0 Å². The molecule has 0 aromatic carbocycles. The minimum absolute atomic E-state index is 0.102. The summed E-state index contributed by atoms with van der Waals surface area (Å²) in [6.45, 7) is 0.122. The Morgan fingerprint density at radius 2 is 2.11 bits per heavy atom. The van der Waals surface area contributed by atoms with E-state index < -0.39 is 5.91 Å². The van der Waals surface area contributed by atoms with E-state index in [1.54, 1.807) is 6.07 Å². The topological polar surface area (TPSA) is 98.1 Å². The number of primary amides is 1. The Bertz CT molecular complexity index is 427. The molecule has 1 fully saturated rings. The van der Waals surface area contributed by atoms with Gasteiger partial charge in [0.2, 0.25) is 11.9 Å². The van der Waals surface area contributed by atoms with Crippen LogP contribution in [0.5, 0.6) is 0 Å². The fraction of sp³-hybridized carbons (Fsp3) is 0.545. The van der Waals surface area contributed by atoms with E-state index in [1.165, 1.54) is 0 Å². The van der Waals surface area contributed by atoms with Gasteiger partial charge in [0.15, 0.2) is 0 Å². The van der Waals surface area contributed by atoms with Crippen LogP contribution in [0.4, 0.5) is 11.8 Å². The quantitative estimate of drug-likeness (QED) is 0.793. The van der Waals surface area contributed by atoms with Crippen LogP contribution in [-0.2, 0) is 4.79 Å². The first-order valence-electron chi connectivity index (χ1n) is 5.91. The molecular weight excluding hydrogens is 254 g/mol. The molecule has 1 aliphatic rings. The Morgan fingerprint density at radius 3 is 2.67 bits per heavy atom. The van der Waals surface area contributed by atoms with E-state index in [9.17, 15) is 4.79 Å². The molecule has 1 heterocycles. The lowest BCUT2D eigenvalue weighted by molar-refractivity contribution is -0.116. The number of nitrogen functional groups attached to an aromatic ring is 1. The zero-order chi connectivity index (χ0) is 13.1. The van der Waals surface area contributed by atoms with Gasteiger partial charge in [-0.05, 0) is 12.8 Å². The molecule has 0 unspecified atom stereocenters. The fourth-order valence-corrected chi connectivity index (χ4v) is 2.54. The second-order valence-corrected chi connectivity index (χ2v) is 4.83. The molecule has 4 N–H and O–H groups in total. The van der Waals surface area contributed by atoms with Crippen LogP contribution in [-0.4, -0.2) is 28.5 Å². The van der Waals surface area contributed by atoms with Crippen LogP contribution in [0.25, 0.3) is 0 Å². The predicted octanol–water partition coefficient (Wildman–Crippen LogP) is 0.946. The highest BCUT2D eigenvalue weighted by atomic mass is 35.5. The van der Waals surface area contributed by atoms with Crippen molar-refractivity contribution in [3.63, 3.8) is 0 Å². The molecule has 1 aromatic rings. The van der Waals surface area contributed by atoms with E-state index in [0.717, 1.165) is 25.7 Å². The summed E-state index contributed by atoms with van der Waals surface area (Å²) in [5.74, 6) is 0.276. The summed E-state index contributed by atoms with van der Waals surface area (Å²) in [6.07, 6.45) is 4.34. The molecule has 6 nitrogen and oxygen atoms in total. The molecule has 0 radical (unpaired) electrons. The number of hydrogen-bond donors (Lipinski definition) is 2. The van der Waals surface area contributed by atoms with Crippen molar-refractivity contribution in [1.82, 2.24) is 9.97 Å². The molecule has 18 heavy (non-hydrogen) atoms. The number of nitrogens with two attached hydrogens (primary N) is 2. The third kappa shape index (κ3) is 3.01. The van der Waals surface area contributed by atoms with Gasteiger partial charge < -0.3 is 16.4 Å². The monoisotopic (exact) mass is 269 g/mol. The molecular formula is C11H16ClN5O. The summed E-state index contributed by atoms with van der Waals surface area (Å²) < 4.78 is 0. The Morgan fingerprint density at radius 1 is 1.44 bits per heavy atom. The minimum atomic E-state index is -0.393. The highest BCUT2D eigenvalue weighted by Crippen LogP contribution is 2.28. The Kier molecular flexibility index (Phi) is 3.86. The third-order valence-corrected chi connectivity index (χ3v) is 3.28. The van der Waals surface area contributed by atoms with Gasteiger partial charge in [0, 0.05) is 12.1 Å². The molecule has 0 bridgehead atoms. The first kappa shape index (κ1) is 12.9. The number of hydrogen-bond acceptors (Lipinski definition) is 5. The number of anilines is 2. The van der Waals surface area contributed by atoms with Gasteiger partial charge in [-0.15, -0.1) is 0 Å². The lowest BCUT2D eigenvalue weighted by Crippen LogP contribution is -2.40. The highest BCUT2D eigenvalue weighted by Gasteiger charge is 2.25. The molecule has 0 atom stereocenters. The first-order chi connectivity index (χ1) is 8.56. The van der Waals surface area contributed by atoms with Gasteiger partial charge in [-0.25, -0.2) is 4.98 Å². The van der Waals surface area contributed by atoms with Crippen LogP contribution in [0, 0.1) is 0 Å². The third-order valence-electron chi connectivity index (χ3n) is 3.08. The number of aromatic nitrogens is 2. The SMILES string of the molecule is NC(=O)CN(c1cc(Cl)nc(N)n1)C1CCCC1. The predicted molar refractivity (Wildman–Crippen MR) is 70.3 cm³/mol. The summed E-state index contributed by atoms with van der Waals surface area (Å²) in [4.78, 5) is 21.0. The lowest BCUT2D eigenvalue weighted by Gasteiger charge is -2.28. The number of carbonyl (C=O) groups excluding carboxylic acids is 1. The van der Waals surface area contributed by atoms with Crippen molar-refractivity contribution < 1.29 is 4.79 Å². The van der Waals surface area contributed by atoms with Gasteiger partial charge in [0.05, 0.1) is 6.54 Å². The Labute approximate surface area is 110 Å². The first-order valence-corrected chi connectivity index (χ1v) is 6.29. The average molecular weight is 270 g/mol. The number of rotatable bonds is 4. The fourth-order valence-electron chi connectivity index (χ4n) is 2.35. The minimum Gasteiger partial charge on any atom is -0.368 e. The highest BCUT2D eigenvalue weighted by molar-refractivity contribution is 6.29. The van der Waals surface area contributed by atoms with E-state index in [0.29, 0.717) is 5.82 Å². The summed E-state index contributed by atoms with van der Waals surface area (Å²) in [7, 11) is 0. The largest absolute Gasteiger partial charge is 0.368 e. The van der Waals surface area contributed by atoms with Crippen molar-refractivity contribution in [3.8, 4) is 0 Å². The molecule has 1 aromatic heterocycles. The van der Waals surface area contributed by atoms with Crippen molar-refractivity contribution >= 4 is 29.3 Å². The maximum atomic E-state index is 11.2. The van der Waals surface area contributed by atoms with Crippen molar-refractivity contribution in [2.24, 2.45) is 5.73 Å². The number of carbonyl (C=O) groups is 1. The van der Waals surface area contributed by atoms with E-state index >= 15 is 0 Å². The van der Waals surface area contributed by atoms with Crippen LogP contribution in [0.1, 0.15) is 25.7 Å². The average Bonchev–Trinajstić information content (AvgIpc) is 2.77. The molecule has 98 valence electrons. The van der Waals surface area contributed by atoms with Gasteiger partial charge in [0.25, 0.3) is 0 Å². The van der Waals surface area contributed by atoms with Crippen molar-refractivity contribution in [1.29, 1.82) is 0 Å². The number of amides is 1. The van der Waals surface area contributed by atoms with Crippen molar-refractivity contribution in [3.05, 3.63) is 11.2 Å². The zero-order valence-electron chi connectivity index (χ0n) is 9.97. The number of halogens is 1. The molecule has 2 rings (SSSR count). The van der Waals surface area contributed by atoms with Gasteiger partial charge in [-0.1, -0.05) is 24.4 Å². The molecule has 0 aliphatic heterocycles. The molecule has 7 heteroatoms. The van der Waals surface area contributed by atoms with Gasteiger partial charge in [-0.2, -0.15) is 4.98 Å². The van der Waals surface area contributed by atoms with Crippen LogP contribution in [0.2, 0.25) is 5.15 Å². The second-order valence-electron chi connectivity index (χ2n) is 4.44. The maximum absolute atomic E-state index is 11.2. The van der Waals surface area contributed by atoms with E-state index in [2.05, 4.69) is 9.97 Å². The van der Waals surface area contributed by atoms with E-state index in [1.807, 2.05) is 4.90 Å². The summed E-state index contributed by atoms with van der Waals surface area (Å²) in [6, 6.07) is 1.88. The van der Waals surface area contributed by atoms with E-state index in [-0.39, 0.29) is 23.7 Å². The summed E-state index contributed by atoms with van der Waals surface area (Å²) >= 11 is 5.86. The molecule has 1 saturated carbocycles. The Hall–Kier alpha value is -1.56.